The summed E-state index contributed by atoms with van der Waals surface area (Å²) in [5.41, 5.74) is 0. The summed E-state index contributed by atoms with van der Waals surface area (Å²) < 4.78 is 0. The molecule has 0 bridgehead atoms. The average molecular weight is 127 g/mol. The van der Waals surface area contributed by atoms with Gasteiger partial charge in [0.05, 0.1) is 0 Å². The van der Waals surface area contributed by atoms with Crippen LogP contribution >= 0.6 is 0 Å². The van der Waals surface area contributed by atoms with Crippen molar-refractivity contribution < 1.29 is 4.79 Å². The Balaban J connectivity index is 3.14. The average Bonchev–Trinajstić information content (AvgIpc) is 1.80. The van der Waals surface area contributed by atoms with Crippen LogP contribution in [0.4, 0.5) is 0 Å². The monoisotopic (exact) mass is 127 g/mol. The van der Waals surface area contributed by atoms with Gasteiger partial charge in [0.2, 0.25) is 0 Å². The Morgan fingerprint density at radius 2 is 2.00 bits per heavy atom. The Hall–Kier alpha value is -0.630. The van der Waals surface area contributed by atoms with Crippen LogP contribution in [-0.4, -0.2) is 31.8 Å². The minimum Gasteiger partial charge on any atom is -0.306 e. The lowest BCUT2D eigenvalue weighted by Crippen LogP contribution is -2.10. The van der Waals surface area contributed by atoms with Crippen molar-refractivity contribution in [3.8, 4) is 0 Å². The zero-order valence-electron chi connectivity index (χ0n) is 6.00. The molecule has 0 aromatic heterocycles. The first-order valence-electron chi connectivity index (χ1n) is 3.00. The number of carbonyl (C=O) groups excluding carboxylic acids is 1. The maximum atomic E-state index is 9.78. The van der Waals surface area contributed by atoms with Gasteiger partial charge in [0.1, 0.15) is 6.29 Å². The van der Waals surface area contributed by atoms with Crippen LogP contribution < -0.4 is 0 Å². The molecule has 0 rings (SSSR count). The summed E-state index contributed by atoms with van der Waals surface area (Å²) in [5, 5.41) is 0. The van der Waals surface area contributed by atoms with Crippen LogP contribution in [0.15, 0.2) is 12.2 Å². The third-order valence-electron chi connectivity index (χ3n) is 0.870. The molecule has 0 amide bonds. The molecule has 0 radical (unpaired) electrons. The van der Waals surface area contributed by atoms with Gasteiger partial charge in [-0.3, -0.25) is 0 Å². The van der Waals surface area contributed by atoms with E-state index in [1.54, 1.807) is 0 Å². The highest BCUT2D eigenvalue weighted by Gasteiger charge is 1.79. The van der Waals surface area contributed by atoms with E-state index in [9.17, 15) is 4.79 Å². The number of hydrogen-bond acceptors (Lipinski definition) is 2. The number of rotatable bonds is 4. The maximum Gasteiger partial charge on any atom is 0.123 e. The molecular weight excluding hydrogens is 114 g/mol. The Morgan fingerprint density at radius 1 is 1.33 bits per heavy atom. The minimum absolute atomic E-state index is 0.536. The lowest BCUT2D eigenvalue weighted by molar-refractivity contribution is -0.107. The summed E-state index contributed by atoms with van der Waals surface area (Å²) in [6, 6.07) is 0. The van der Waals surface area contributed by atoms with Gasteiger partial charge >= 0.3 is 0 Å². The summed E-state index contributed by atoms with van der Waals surface area (Å²) in [5.74, 6) is 0. The van der Waals surface area contributed by atoms with Gasteiger partial charge in [-0.1, -0.05) is 12.2 Å². The lowest BCUT2D eigenvalue weighted by Gasteiger charge is -2.02. The van der Waals surface area contributed by atoms with E-state index in [0.29, 0.717) is 6.42 Å². The van der Waals surface area contributed by atoms with E-state index in [2.05, 4.69) is 0 Å². The van der Waals surface area contributed by atoms with Gasteiger partial charge in [0.15, 0.2) is 0 Å². The molecule has 0 aromatic rings. The quantitative estimate of drug-likeness (QED) is 0.409. The Morgan fingerprint density at radius 3 is 2.44 bits per heavy atom. The molecule has 0 saturated heterocycles. The van der Waals surface area contributed by atoms with E-state index >= 15 is 0 Å². The van der Waals surface area contributed by atoms with E-state index in [1.807, 2.05) is 31.1 Å². The first-order chi connectivity index (χ1) is 4.27. The topological polar surface area (TPSA) is 20.3 Å². The van der Waals surface area contributed by atoms with E-state index < -0.39 is 0 Å². The van der Waals surface area contributed by atoms with Gasteiger partial charge in [-0.05, 0) is 14.1 Å². The van der Waals surface area contributed by atoms with Gasteiger partial charge in [-0.2, -0.15) is 0 Å². The Kier molecular flexibility index (Phi) is 5.12. The highest BCUT2D eigenvalue weighted by atomic mass is 16.1. The SMILES string of the molecule is CN(C)C/C=C/CC=O. The van der Waals surface area contributed by atoms with Crippen LogP contribution in [0.3, 0.4) is 0 Å². The number of carbonyl (C=O) groups is 1. The summed E-state index contributed by atoms with van der Waals surface area (Å²) in [7, 11) is 3.98. The molecule has 0 atom stereocenters. The zero-order valence-corrected chi connectivity index (χ0v) is 6.00. The Bertz CT molecular complexity index is 97.1. The maximum absolute atomic E-state index is 9.78. The van der Waals surface area contributed by atoms with E-state index in [0.717, 1.165) is 12.8 Å². The van der Waals surface area contributed by atoms with Gasteiger partial charge in [0, 0.05) is 13.0 Å². The molecule has 0 aromatic carbocycles. The van der Waals surface area contributed by atoms with Gasteiger partial charge in [-0.15, -0.1) is 0 Å². The predicted molar refractivity (Wildman–Crippen MR) is 38.4 cm³/mol. The standard InChI is InChI=1S/C7H13NO/c1-8(2)6-4-3-5-7-9/h3-4,7H,5-6H2,1-2H3/b4-3+. The molecule has 0 aliphatic carbocycles. The highest BCUT2D eigenvalue weighted by molar-refractivity contribution is 5.51. The van der Waals surface area contributed by atoms with Crippen LogP contribution in [0, 0.1) is 0 Å². The number of nitrogens with zero attached hydrogens (tertiary/aromatic N) is 1. The van der Waals surface area contributed by atoms with Crippen molar-refractivity contribution >= 4 is 6.29 Å². The molecule has 52 valence electrons. The predicted octanol–water partition coefficient (Wildman–Crippen LogP) is 0.693. The normalized spacial score (nSPS) is 11.0. The van der Waals surface area contributed by atoms with Gasteiger partial charge in [0.25, 0.3) is 0 Å². The third-order valence-corrected chi connectivity index (χ3v) is 0.870. The number of aldehydes is 1. The second kappa shape index (κ2) is 5.51. The third kappa shape index (κ3) is 7.37. The van der Waals surface area contributed by atoms with E-state index in [-0.39, 0.29) is 0 Å². The number of allylic oxidation sites excluding steroid dienone is 1. The molecule has 0 N–H and O–H groups in total. The fraction of sp³-hybridized carbons (Fsp3) is 0.571. The number of hydrogen-bond donors (Lipinski definition) is 0. The van der Waals surface area contributed by atoms with Crippen molar-refractivity contribution in [2.75, 3.05) is 20.6 Å². The van der Waals surface area contributed by atoms with Crippen LogP contribution in [0.25, 0.3) is 0 Å². The molecule has 0 saturated carbocycles. The molecule has 0 unspecified atom stereocenters. The number of likely N-dealkylation sites (N-methyl/N-ethyl adjacent to an activating group) is 1. The molecule has 2 heteroatoms. The van der Waals surface area contributed by atoms with Crippen molar-refractivity contribution in [2.24, 2.45) is 0 Å². The Labute approximate surface area is 56.2 Å². The summed E-state index contributed by atoms with van der Waals surface area (Å²) in [4.78, 5) is 11.8. The largest absolute Gasteiger partial charge is 0.306 e. The van der Waals surface area contributed by atoms with Gasteiger partial charge < -0.3 is 9.69 Å². The van der Waals surface area contributed by atoms with Crippen molar-refractivity contribution in [1.82, 2.24) is 4.90 Å². The van der Waals surface area contributed by atoms with Gasteiger partial charge in [-0.25, -0.2) is 0 Å². The van der Waals surface area contributed by atoms with Crippen LogP contribution in [0.5, 0.6) is 0 Å². The van der Waals surface area contributed by atoms with E-state index in [1.165, 1.54) is 0 Å². The molecule has 0 aliphatic rings. The first kappa shape index (κ1) is 8.37. The van der Waals surface area contributed by atoms with Crippen molar-refractivity contribution in [1.29, 1.82) is 0 Å². The molecule has 2 nitrogen and oxygen atoms in total. The van der Waals surface area contributed by atoms with Crippen LogP contribution in [0.2, 0.25) is 0 Å². The summed E-state index contributed by atoms with van der Waals surface area (Å²) in [6.45, 7) is 0.911. The molecule has 9 heavy (non-hydrogen) atoms. The molecule has 0 heterocycles. The molecular formula is C7H13NO. The molecule has 0 spiro atoms. The molecule has 0 aliphatic heterocycles. The van der Waals surface area contributed by atoms with Crippen molar-refractivity contribution in [3.05, 3.63) is 12.2 Å². The highest BCUT2D eigenvalue weighted by Crippen LogP contribution is 1.79. The lowest BCUT2D eigenvalue weighted by atomic mass is 10.4. The second-order valence-electron chi connectivity index (χ2n) is 2.14. The fourth-order valence-electron chi connectivity index (χ4n) is 0.437. The molecule has 0 fully saturated rings. The fourth-order valence-corrected chi connectivity index (χ4v) is 0.437. The van der Waals surface area contributed by atoms with Crippen LogP contribution in [-0.2, 0) is 4.79 Å². The zero-order chi connectivity index (χ0) is 7.11. The minimum atomic E-state index is 0.536. The van der Waals surface area contributed by atoms with Crippen molar-refractivity contribution in [3.63, 3.8) is 0 Å². The summed E-state index contributed by atoms with van der Waals surface area (Å²) in [6.07, 6.45) is 5.28. The van der Waals surface area contributed by atoms with Crippen molar-refractivity contribution in [2.45, 2.75) is 6.42 Å². The van der Waals surface area contributed by atoms with Crippen LogP contribution in [0.1, 0.15) is 6.42 Å². The van der Waals surface area contributed by atoms with E-state index in [4.69, 9.17) is 0 Å². The smallest absolute Gasteiger partial charge is 0.123 e. The second-order valence-corrected chi connectivity index (χ2v) is 2.14. The first-order valence-corrected chi connectivity index (χ1v) is 3.00. The summed E-state index contributed by atoms with van der Waals surface area (Å²) >= 11 is 0.